The second-order valence-corrected chi connectivity index (χ2v) is 5.38. The summed E-state index contributed by atoms with van der Waals surface area (Å²) in [4.78, 5) is 16.6. The largest absolute Gasteiger partial charge is 0.370 e. The fraction of sp³-hybridized carbons (Fsp3) is 0.235. The molecule has 2 N–H and O–H groups in total. The van der Waals surface area contributed by atoms with Gasteiger partial charge in [-0.15, -0.1) is 5.10 Å². The molecule has 25 heavy (non-hydrogen) atoms. The van der Waals surface area contributed by atoms with Crippen molar-refractivity contribution in [1.82, 2.24) is 30.5 Å². The number of unbranched alkanes of at least 4 members (excludes halogenated alkanes) is 1. The molecule has 1 amide bonds. The number of nitrogens with zero attached hydrogens (tertiary/aromatic N) is 5. The number of rotatable bonds is 8. The van der Waals surface area contributed by atoms with Crippen LogP contribution in [0.15, 0.2) is 55.0 Å². The number of tetrazole rings is 1. The summed E-state index contributed by atoms with van der Waals surface area (Å²) in [6, 6.07) is 13.0. The minimum Gasteiger partial charge on any atom is -0.370 e. The number of hydrogen-bond donors (Lipinski definition) is 2. The molecule has 0 fully saturated rings. The second kappa shape index (κ2) is 8.53. The van der Waals surface area contributed by atoms with Gasteiger partial charge < -0.3 is 10.6 Å². The van der Waals surface area contributed by atoms with Crippen LogP contribution in [0.1, 0.15) is 23.2 Å². The van der Waals surface area contributed by atoms with Crippen molar-refractivity contribution in [1.29, 1.82) is 0 Å². The molecule has 0 bridgehead atoms. The van der Waals surface area contributed by atoms with E-state index in [9.17, 15) is 4.79 Å². The Hall–Kier alpha value is -3.29. The number of carbonyl (C=O) groups is 1. The van der Waals surface area contributed by atoms with Gasteiger partial charge in [-0.05, 0) is 47.5 Å². The van der Waals surface area contributed by atoms with Crippen molar-refractivity contribution >= 4 is 11.7 Å². The lowest BCUT2D eigenvalue weighted by Gasteiger charge is -2.09. The van der Waals surface area contributed by atoms with Crippen molar-refractivity contribution in [2.75, 3.05) is 18.4 Å². The lowest BCUT2D eigenvalue weighted by Crippen LogP contribution is -2.26. The zero-order chi connectivity index (χ0) is 17.3. The van der Waals surface area contributed by atoms with Crippen LogP contribution in [0, 0.1) is 0 Å². The van der Waals surface area contributed by atoms with E-state index in [0.29, 0.717) is 17.8 Å². The molecule has 3 aromatic rings. The maximum absolute atomic E-state index is 12.4. The highest BCUT2D eigenvalue weighted by Gasteiger charge is 2.12. The summed E-state index contributed by atoms with van der Waals surface area (Å²) in [6.45, 7) is 1.42. The highest BCUT2D eigenvalue weighted by atomic mass is 16.1. The van der Waals surface area contributed by atoms with Crippen LogP contribution in [-0.2, 0) is 0 Å². The molecule has 2 heterocycles. The van der Waals surface area contributed by atoms with Gasteiger partial charge in [0, 0.05) is 19.3 Å². The van der Waals surface area contributed by atoms with Gasteiger partial charge in [-0.25, -0.2) is 4.98 Å². The summed E-state index contributed by atoms with van der Waals surface area (Å²) in [7, 11) is 0. The zero-order valence-corrected chi connectivity index (χ0v) is 13.7. The van der Waals surface area contributed by atoms with E-state index in [1.807, 2.05) is 36.4 Å². The monoisotopic (exact) mass is 337 g/mol. The molecule has 128 valence electrons. The summed E-state index contributed by atoms with van der Waals surface area (Å²) in [6.07, 6.45) is 5.03. The van der Waals surface area contributed by atoms with E-state index >= 15 is 0 Å². The van der Waals surface area contributed by atoms with Gasteiger partial charge in [0.1, 0.15) is 12.1 Å². The molecule has 0 spiro atoms. The highest BCUT2D eigenvalue weighted by Crippen LogP contribution is 2.12. The first kappa shape index (κ1) is 16.6. The van der Waals surface area contributed by atoms with E-state index in [1.165, 1.54) is 11.0 Å². The summed E-state index contributed by atoms with van der Waals surface area (Å²) in [5.74, 6) is 0.727. The fourth-order valence-electron chi connectivity index (χ4n) is 2.37. The molecule has 0 aliphatic rings. The van der Waals surface area contributed by atoms with E-state index < -0.39 is 0 Å². The molecule has 2 aromatic heterocycles. The molecule has 8 heteroatoms. The maximum atomic E-state index is 12.4. The van der Waals surface area contributed by atoms with E-state index in [2.05, 4.69) is 31.1 Å². The second-order valence-electron chi connectivity index (χ2n) is 5.38. The number of carbonyl (C=O) groups excluding carboxylic acids is 1. The van der Waals surface area contributed by atoms with Crippen LogP contribution in [0.5, 0.6) is 0 Å². The van der Waals surface area contributed by atoms with Crippen LogP contribution >= 0.6 is 0 Å². The molecule has 0 radical (unpaired) electrons. The van der Waals surface area contributed by atoms with Gasteiger partial charge in [0.2, 0.25) is 0 Å². The Kier molecular flexibility index (Phi) is 5.65. The molecule has 1 aromatic carbocycles. The molecule has 0 aliphatic heterocycles. The van der Waals surface area contributed by atoms with E-state index in [0.717, 1.165) is 25.2 Å². The molecule has 0 unspecified atom stereocenters. The van der Waals surface area contributed by atoms with Gasteiger partial charge in [-0.1, -0.05) is 18.2 Å². The summed E-state index contributed by atoms with van der Waals surface area (Å²) < 4.78 is 1.48. The maximum Gasteiger partial charge on any atom is 0.253 e. The first-order valence-corrected chi connectivity index (χ1v) is 8.10. The number of nitrogens with one attached hydrogen (secondary N) is 2. The summed E-state index contributed by atoms with van der Waals surface area (Å²) in [5.41, 5.74) is 1.20. The Bertz CT molecular complexity index is 790. The van der Waals surface area contributed by atoms with Gasteiger partial charge in [-0.3, -0.25) is 4.79 Å². The van der Waals surface area contributed by atoms with Gasteiger partial charge in [-0.2, -0.15) is 4.68 Å². The van der Waals surface area contributed by atoms with Crippen molar-refractivity contribution in [2.24, 2.45) is 0 Å². The summed E-state index contributed by atoms with van der Waals surface area (Å²) >= 11 is 0. The van der Waals surface area contributed by atoms with Crippen LogP contribution in [0.4, 0.5) is 5.82 Å². The van der Waals surface area contributed by atoms with Crippen molar-refractivity contribution in [3.8, 4) is 5.69 Å². The number of aromatic nitrogens is 5. The highest BCUT2D eigenvalue weighted by molar-refractivity contribution is 5.97. The predicted octanol–water partition coefficient (Wildman–Crippen LogP) is 1.68. The SMILES string of the molecule is O=C(NCCCCNc1ccccn1)c1ccccc1-n1cnnn1. The van der Waals surface area contributed by atoms with Crippen LogP contribution < -0.4 is 10.6 Å². The molecular formula is C17H19N7O. The Morgan fingerprint density at radius 3 is 2.68 bits per heavy atom. The van der Waals surface area contributed by atoms with Gasteiger partial charge in [0.05, 0.1) is 11.3 Å². The predicted molar refractivity (Wildman–Crippen MR) is 93.4 cm³/mol. The smallest absolute Gasteiger partial charge is 0.253 e. The molecular weight excluding hydrogens is 318 g/mol. The van der Waals surface area contributed by atoms with Crippen LogP contribution in [-0.4, -0.2) is 44.2 Å². The average molecular weight is 337 g/mol. The molecule has 0 atom stereocenters. The Morgan fingerprint density at radius 2 is 1.88 bits per heavy atom. The zero-order valence-electron chi connectivity index (χ0n) is 13.7. The van der Waals surface area contributed by atoms with Gasteiger partial charge in [0.15, 0.2) is 0 Å². The Morgan fingerprint density at radius 1 is 1.04 bits per heavy atom. The molecule has 0 saturated heterocycles. The molecule has 0 saturated carbocycles. The van der Waals surface area contributed by atoms with Crippen molar-refractivity contribution in [3.63, 3.8) is 0 Å². The normalized spacial score (nSPS) is 10.4. The molecule has 8 nitrogen and oxygen atoms in total. The third kappa shape index (κ3) is 4.60. The number of hydrogen-bond acceptors (Lipinski definition) is 6. The van der Waals surface area contributed by atoms with Crippen molar-refractivity contribution in [2.45, 2.75) is 12.8 Å². The minimum atomic E-state index is -0.135. The first-order chi connectivity index (χ1) is 12.3. The first-order valence-electron chi connectivity index (χ1n) is 8.10. The van der Waals surface area contributed by atoms with E-state index in [1.54, 1.807) is 12.3 Å². The Labute approximate surface area is 145 Å². The van der Waals surface area contributed by atoms with Crippen LogP contribution in [0.2, 0.25) is 0 Å². The number of amides is 1. The van der Waals surface area contributed by atoms with Crippen molar-refractivity contribution < 1.29 is 4.79 Å². The van der Waals surface area contributed by atoms with E-state index in [-0.39, 0.29) is 5.91 Å². The number of pyridine rings is 1. The van der Waals surface area contributed by atoms with Gasteiger partial charge >= 0.3 is 0 Å². The third-order valence-corrected chi connectivity index (χ3v) is 3.60. The Balaban J connectivity index is 1.44. The van der Waals surface area contributed by atoms with E-state index in [4.69, 9.17) is 0 Å². The minimum absolute atomic E-state index is 0.135. The third-order valence-electron chi connectivity index (χ3n) is 3.60. The number of para-hydroxylation sites is 1. The standard InChI is InChI=1S/C17H19N7O/c25-17(14-7-1-2-8-15(14)24-13-21-22-23-24)20-12-6-5-11-19-16-9-3-4-10-18-16/h1-4,7-10,13H,5-6,11-12H2,(H,18,19)(H,20,25). The number of anilines is 1. The van der Waals surface area contributed by atoms with Crippen LogP contribution in [0.3, 0.4) is 0 Å². The number of benzene rings is 1. The van der Waals surface area contributed by atoms with Crippen LogP contribution in [0.25, 0.3) is 5.69 Å². The lowest BCUT2D eigenvalue weighted by atomic mass is 10.1. The topological polar surface area (TPSA) is 97.6 Å². The summed E-state index contributed by atoms with van der Waals surface area (Å²) in [5, 5.41) is 17.2. The van der Waals surface area contributed by atoms with Gasteiger partial charge in [0.25, 0.3) is 5.91 Å². The quantitative estimate of drug-likeness (QED) is 0.607. The molecule has 3 rings (SSSR count). The van der Waals surface area contributed by atoms with Crippen molar-refractivity contribution in [3.05, 3.63) is 60.6 Å². The fourth-order valence-corrected chi connectivity index (χ4v) is 2.37. The molecule has 0 aliphatic carbocycles. The lowest BCUT2D eigenvalue weighted by molar-refractivity contribution is 0.0953. The average Bonchev–Trinajstić information content (AvgIpc) is 3.20.